The van der Waals surface area contributed by atoms with Crippen LogP contribution in [0.5, 0.6) is 0 Å². The molecule has 0 radical (unpaired) electrons. The Morgan fingerprint density at radius 3 is 2.00 bits per heavy atom. The predicted molar refractivity (Wildman–Crippen MR) is 72.0 cm³/mol. The standard InChI is InChI=1S/C15H24N2O/c1-10(2)9-16-14(18)17-15-6-11-3-12(7-15)5-13(4-11)8-15/h9,11-13H,3-8H2,1-2H3,(H2,16,17,18). The van der Waals surface area contributed by atoms with E-state index < -0.39 is 0 Å². The van der Waals surface area contributed by atoms with Gasteiger partial charge in [-0.25, -0.2) is 4.79 Å². The van der Waals surface area contributed by atoms with Gasteiger partial charge >= 0.3 is 6.03 Å². The van der Waals surface area contributed by atoms with E-state index in [1.807, 2.05) is 13.8 Å². The third-order valence-electron chi connectivity index (χ3n) is 4.91. The fourth-order valence-corrected chi connectivity index (χ4v) is 4.75. The molecule has 18 heavy (non-hydrogen) atoms. The van der Waals surface area contributed by atoms with E-state index in [0.29, 0.717) is 0 Å². The lowest BCUT2D eigenvalue weighted by atomic mass is 9.53. The van der Waals surface area contributed by atoms with Crippen molar-refractivity contribution >= 4 is 6.03 Å². The van der Waals surface area contributed by atoms with Crippen molar-refractivity contribution in [3.05, 3.63) is 11.8 Å². The summed E-state index contributed by atoms with van der Waals surface area (Å²) < 4.78 is 0. The van der Waals surface area contributed by atoms with E-state index in [0.717, 1.165) is 23.3 Å². The lowest BCUT2D eigenvalue weighted by Crippen LogP contribution is -2.61. The monoisotopic (exact) mass is 248 g/mol. The predicted octanol–water partition coefficient (Wildman–Crippen LogP) is 3.18. The van der Waals surface area contributed by atoms with E-state index in [1.165, 1.54) is 38.5 Å². The Morgan fingerprint density at radius 1 is 1.06 bits per heavy atom. The van der Waals surface area contributed by atoms with Crippen LogP contribution in [0.1, 0.15) is 52.4 Å². The molecule has 0 unspecified atom stereocenters. The van der Waals surface area contributed by atoms with Gasteiger partial charge in [0, 0.05) is 11.7 Å². The molecule has 0 spiro atoms. The van der Waals surface area contributed by atoms with Gasteiger partial charge in [0.15, 0.2) is 0 Å². The van der Waals surface area contributed by atoms with Gasteiger partial charge in [-0.05, 0) is 70.1 Å². The average Bonchev–Trinajstić information content (AvgIpc) is 2.23. The van der Waals surface area contributed by atoms with Crippen molar-refractivity contribution in [2.24, 2.45) is 17.8 Å². The van der Waals surface area contributed by atoms with Crippen LogP contribution < -0.4 is 10.6 Å². The van der Waals surface area contributed by atoms with Gasteiger partial charge in [-0.1, -0.05) is 5.57 Å². The van der Waals surface area contributed by atoms with Crippen molar-refractivity contribution in [1.82, 2.24) is 10.6 Å². The fraction of sp³-hybridized carbons (Fsp3) is 0.800. The molecule has 4 rings (SSSR count). The summed E-state index contributed by atoms with van der Waals surface area (Å²) in [6, 6.07) is -0.0156. The largest absolute Gasteiger partial charge is 0.332 e. The molecular formula is C15H24N2O. The second-order valence-electron chi connectivity index (χ2n) is 7.02. The molecule has 0 atom stereocenters. The molecular weight excluding hydrogens is 224 g/mol. The summed E-state index contributed by atoms with van der Waals surface area (Å²) in [5, 5.41) is 6.13. The molecule has 0 aromatic rings. The summed E-state index contributed by atoms with van der Waals surface area (Å²) >= 11 is 0. The number of allylic oxidation sites excluding steroid dienone is 1. The lowest BCUT2D eigenvalue weighted by Gasteiger charge is -2.56. The SMILES string of the molecule is CC(C)=CNC(=O)NC12CC3CC(CC(C3)C1)C2. The van der Waals surface area contributed by atoms with E-state index in [4.69, 9.17) is 0 Å². The van der Waals surface area contributed by atoms with Crippen molar-refractivity contribution in [1.29, 1.82) is 0 Å². The normalized spacial score (nSPS) is 40.4. The summed E-state index contributed by atoms with van der Waals surface area (Å²) in [6.07, 6.45) is 9.66. The topological polar surface area (TPSA) is 41.1 Å². The number of urea groups is 1. The Kier molecular flexibility index (Phi) is 2.87. The smallest absolute Gasteiger partial charge is 0.319 e. The van der Waals surface area contributed by atoms with Crippen LogP contribution in [0.25, 0.3) is 0 Å². The van der Waals surface area contributed by atoms with Crippen molar-refractivity contribution < 1.29 is 4.79 Å². The maximum absolute atomic E-state index is 12.0. The quantitative estimate of drug-likeness (QED) is 0.774. The van der Waals surface area contributed by atoms with Gasteiger partial charge in [0.1, 0.15) is 0 Å². The maximum atomic E-state index is 12.0. The van der Waals surface area contributed by atoms with Crippen LogP contribution in [0.4, 0.5) is 4.79 Å². The highest BCUT2D eigenvalue weighted by molar-refractivity contribution is 5.76. The summed E-state index contributed by atoms with van der Waals surface area (Å²) in [5.41, 5.74) is 1.24. The van der Waals surface area contributed by atoms with Crippen LogP contribution in [0.2, 0.25) is 0 Å². The van der Waals surface area contributed by atoms with Crippen molar-refractivity contribution in [3.8, 4) is 0 Å². The van der Waals surface area contributed by atoms with Gasteiger partial charge in [0.25, 0.3) is 0 Å². The molecule has 0 aromatic carbocycles. The highest BCUT2D eigenvalue weighted by atomic mass is 16.2. The summed E-state index contributed by atoms with van der Waals surface area (Å²) in [7, 11) is 0. The van der Waals surface area contributed by atoms with Gasteiger partial charge in [0.05, 0.1) is 0 Å². The van der Waals surface area contributed by atoms with Crippen molar-refractivity contribution in [2.75, 3.05) is 0 Å². The Bertz CT molecular complexity index is 347. The van der Waals surface area contributed by atoms with E-state index in [-0.39, 0.29) is 11.6 Å². The zero-order valence-electron chi connectivity index (χ0n) is 11.5. The molecule has 4 bridgehead atoms. The van der Waals surface area contributed by atoms with Gasteiger partial charge in [0.2, 0.25) is 0 Å². The zero-order chi connectivity index (χ0) is 12.8. The van der Waals surface area contributed by atoms with Crippen LogP contribution in [0.3, 0.4) is 0 Å². The van der Waals surface area contributed by atoms with Crippen LogP contribution >= 0.6 is 0 Å². The molecule has 2 N–H and O–H groups in total. The molecule has 0 saturated heterocycles. The first kappa shape index (κ1) is 12.1. The fourth-order valence-electron chi connectivity index (χ4n) is 4.75. The summed E-state index contributed by atoms with van der Waals surface area (Å²) in [5.74, 6) is 2.63. The summed E-state index contributed by atoms with van der Waals surface area (Å²) in [6.45, 7) is 3.98. The van der Waals surface area contributed by atoms with Crippen LogP contribution in [-0.4, -0.2) is 11.6 Å². The Balaban J connectivity index is 1.65. The number of rotatable bonds is 2. The second kappa shape index (κ2) is 4.29. The molecule has 4 saturated carbocycles. The minimum atomic E-state index is -0.0156. The Hall–Kier alpha value is -0.990. The molecule has 0 aliphatic heterocycles. The van der Waals surface area contributed by atoms with Gasteiger partial charge < -0.3 is 10.6 Å². The Labute approximate surface area is 109 Å². The highest BCUT2D eigenvalue weighted by Gasteiger charge is 2.51. The number of carbonyl (C=O) groups is 1. The van der Waals surface area contributed by atoms with Crippen LogP contribution in [0.15, 0.2) is 11.8 Å². The number of hydrogen-bond acceptors (Lipinski definition) is 1. The molecule has 4 fully saturated rings. The first-order chi connectivity index (χ1) is 8.55. The summed E-state index contributed by atoms with van der Waals surface area (Å²) in [4.78, 5) is 12.0. The van der Waals surface area contributed by atoms with Crippen LogP contribution in [0, 0.1) is 17.8 Å². The molecule has 3 nitrogen and oxygen atoms in total. The van der Waals surface area contributed by atoms with Gasteiger partial charge in [-0.2, -0.15) is 0 Å². The van der Waals surface area contributed by atoms with E-state index in [2.05, 4.69) is 10.6 Å². The molecule has 100 valence electrons. The molecule has 3 heteroatoms. The molecule has 0 aromatic heterocycles. The zero-order valence-corrected chi connectivity index (χ0v) is 11.5. The second-order valence-corrected chi connectivity index (χ2v) is 7.02. The molecule has 2 amide bonds. The number of amides is 2. The number of carbonyl (C=O) groups excluding carboxylic acids is 1. The first-order valence-electron chi connectivity index (χ1n) is 7.27. The average molecular weight is 248 g/mol. The highest BCUT2D eigenvalue weighted by Crippen LogP contribution is 2.55. The van der Waals surface area contributed by atoms with E-state index in [9.17, 15) is 4.79 Å². The van der Waals surface area contributed by atoms with Gasteiger partial charge in [-0.15, -0.1) is 0 Å². The molecule has 4 aliphatic carbocycles. The number of nitrogens with one attached hydrogen (secondary N) is 2. The van der Waals surface area contributed by atoms with Crippen molar-refractivity contribution in [3.63, 3.8) is 0 Å². The van der Waals surface area contributed by atoms with E-state index >= 15 is 0 Å². The number of hydrogen-bond donors (Lipinski definition) is 2. The minimum Gasteiger partial charge on any atom is -0.332 e. The third-order valence-corrected chi connectivity index (χ3v) is 4.91. The lowest BCUT2D eigenvalue weighted by molar-refractivity contribution is -0.0133. The first-order valence-corrected chi connectivity index (χ1v) is 7.27. The minimum absolute atomic E-state index is 0.0156. The van der Waals surface area contributed by atoms with Crippen LogP contribution in [-0.2, 0) is 0 Å². The molecule has 4 aliphatic rings. The van der Waals surface area contributed by atoms with Crippen molar-refractivity contribution in [2.45, 2.75) is 57.9 Å². The maximum Gasteiger partial charge on any atom is 0.319 e. The van der Waals surface area contributed by atoms with E-state index in [1.54, 1.807) is 6.20 Å². The van der Waals surface area contributed by atoms with Gasteiger partial charge in [-0.3, -0.25) is 0 Å². The molecule has 0 heterocycles. The third kappa shape index (κ3) is 2.27. The Morgan fingerprint density at radius 2 is 1.56 bits per heavy atom.